The molecule has 0 radical (unpaired) electrons. The highest BCUT2D eigenvalue weighted by molar-refractivity contribution is 5.98. The fourth-order valence-electron chi connectivity index (χ4n) is 5.78. The fourth-order valence-corrected chi connectivity index (χ4v) is 5.78. The number of hydrogen-bond donors (Lipinski definition) is 0. The molecule has 1 spiro atoms. The summed E-state index contributed by atoms with van der Waals surface area (Å²) in [5.41, 5.74) is 13.0. The van der Waals surface area contributed by atoms with E-state index in [2.05, 4.69) is 111 Å². The quantitative estimate of drug-likeness (QED) is 0.270. The van der Waals surface area contributed by atoms with Crippen molar-refractivity contribution in [3.63, 3.8) is 0 Å². The second kappa shape index (κ2) is 6.18. The van der Waals surface area contributed by atoms with Gasteiger partial charge in [0.2, 0.25) is 0 Å². The molecule has 0 nitrogen and oxygen atoms in total. The minimum Gasteiger partial charge on any atom is -0.0985 e. The third-order valence-corrected chi connectivity index (χ3v) is 6.85. The van der Waals surface area contributed by atoms with Crippen LogP contribution in [0.2, 0.25) is 0 Å². The zero-order valence-electron chi connectivity index (χ0n) is 17.0. The molecule has 0 bridgehead atoms. The predicted molar refractivity (Wildman–Crippen MR) is 127 cm³/mol. The van der Waals surface area contributed by atoms with Gasteiger partial charge in [-0.05, 0) is 62.6 Å². The Morgan fingerprint density at radius 2 is 1.10 bits per heavy atom. The van der Waals surface area contributed by atoms with Crippen LogP contribution in [0.15, 0.2) is 110 Å². The third kappa shape index (κ3) is 1.91. The maximum Gasteiger partial charge on any atom is 0.0731 e. The van der Waals surface area contributed by atoms with Crippen LogP contribution in [-0.4, -0.2) is 0 Å². The van der Waals surface area contributed by atoms with E-state index < -0.39 is 0 Å². The highest BCUT2D eigenvalue weighted by Crippen LogP contribution is 2.63. The minimum absolute atomic E-state index is 0.299. The lowest BCUT2D eigenvalue weighted by Gasteiger charge is -2.32. The molecular weight excluding hydrogens is 360 g/mol. The van der Waals surface area contributed by atoms with E-state index in [1.54, 1.807) is 0 Å². The molecule has 6 rings (SSSR count). The summed E-state index contributed by atoms with van der Waals surface area (Å²) in [7, 11) is 0. The van der Waals surface area contributed by atoms with Crippen molar-refractivity contribution in [2.24, 2.45) is 0 Å². The summed E-state index contributed by atoms with van der Waals surface area (Å²) in [6, 6.07) is 33.5. The van der Waals surface area contributed by atoms with Crippen LogP contribution in [0, 0.1) is 0 Å². The smallest absolute Gasteiger partial charge is 0.0731 e. The van der Waals surface area contributed by atoms with Crippen molar-refractivity contribution >= 4 is 5.57 Å². The number of fused-ring (bicyclic) bond motifs is 10. The highest BCUT2D eigenvalue weighted by atomic mass is 14.5. The van der Waals surface area contributed by atoms with E-state index in [0.29, 0.717) is 0 Å². The topological polar surface area (TPSA) is 0 Å². The number of rotatable bonds is 2. The first kappa shape index (κ1) is 17.2. The lowest BCUT2D eigenvalue weighted by molar-refractivity contribution is 0.791. The average Bonchev–Trinajstić information content (AvgIpc) is 3.28. The number of benzene rings is 4. The van der Waals surface area contributed by atoms with Gasteiger partial charge >= 0.3 is 0 Å². The van der Waals surface area contributed by atoms with E-state index in [0.717, 1.165) is 0 Å². The summed E-state index contributed by atoms with van der Waals surface area (Å²) in [4.78, 5) is 0. The summed E-state index contributed by atoms with van der Waals surface area (Å²) in [5, 5.41) is 0. The zero-order valence-corrected chi connectivity index (χ0v) is 17.0. The van der Waals surface area contributed by atoms with Gasteiger partial charge in [-0.2, -0.15) is 0 Å². The average molecular weight is 383 g/mol. The van der Waals surface area contributed by atoms with Crippen LogP contribution in [0.25, 0.3) is 27.8 Å². The Labute approximate surface area is 177 Å². The molecule has 0 N–H and O–H groups in total. The molecule has 2 aliphatic carbocycles. The molecule has 0 heterocycles. The Balaban J connectivity index is 1.88. The van der Waals surface area contributed by atoms with Gasteiger partial charge in [-0.1, -0.05) is 110 Å². The standard InChI is InChI=1S/C30H22/c1-3-20(4-2)21-15-11-16-25-24-14-7-10-19-28(24)30(29(21)25)26-17-8-5-12-22(26)23-13-6-9-18-27(23)30/h3-19H,1H2,2H3/b20-4+. The van der Waals surface area contributed by atoms with Gasteiger partial charge in [0.1, 0.15) is 0 Å². The van der Waals surface area contributed by atoms with E-state index in [4.69, 9.17) is 0 Å². The molecule has 0 saturated heterocycles. The molecule has 0 aromatic heterocycles. The Morgan fingerprint density at radius 3 is 1.60 bits per heavy atom. The van der Waals surface area contributed by atoms with Gasteiger partial charge in [-0.15, -0.1) is 0 Å². The maximum absolute atomic E-state index is 4.12. The largest absolute Gasteiger partial charge is 0.0985 e. The Bertz CT molecular complexity index is 1300. The van der Waals surface area contributed by atoms with Gasteiger partial charge < -0.3 is 0 Å². The molecule has 0 heteroatoms. The number of hydrogen-bond acceptors (Lipinski definition) is 0. The molecule has 0 unspecified atom stereocenters. The summed E-state index contributed by atoms with van der Waals surface area (Å²) >= 11 is 0. The summed E-state index contributed by atoms with van der Waals surface area (Å²) < 4.78 is 0. The van der Waals surface area contributed by atoms with Crippen molar-refractivity contribution in [2.45, 2.75) is 12.3 Å². The maximum atomic E-state index is 4.12. The predicted octanol–water partition coefficient (Wildman–Crippen LogP) is 7.62. The van der Waals surface area contributed by atoms with E-state index in [-0.39, 0.29) is 5.41 Å². The lowest BCUT2D eigenvalue weighted by atomic mass is 9.68. The second-order valence-electron chi connectivity index (χ2n) is 8.06. The molecular formula is C30H22. The van der Waals surface area contributed by atoms with Gasteiger partial charge in [-0.25, -0.2) is 0 Å². The first-order valence-corrected chi connectivity index (χ1v) is 10.5. The molecule has 30 heavy (non-hydrogen) atoms. The molecule has 2 aliphatic rings. The minimum atomic E-state index is -0.299. The third-order valence-electron chi connectivity index (χ3n) is 6.85. The van der Waals surface area contributed by atoms with E-state index in [1.807, 2.05) is 6.08 Å². The van der Waals surface area contributed by atoms with Crippen molar-refractivity contribution in [2.75, 3.05) is 0 Å². The lowest BCUT2D eigenvalue weighted by Crippen LogP contribution is -2.27. The van der Waals surface area contributed by atoms with Gasteiger partial charge in [0.05, 0.1) is 5.41 Å². The van der Waals surface area contributed by atoms with E-state index >= 15 is 0 Å². The summed E-state index contributed by atoms with van der Waals surface area (Å²) in [6.07, 6.45) is 4.16. The first-order valence-electron chi connectivity index (χ1n) is 10.5. The Kier molecular flexibility index (Phi) is 3.55. The van der Waals surface area contributed by atoms with Crippen LogP contribution in [0.4, 0.5) is 0 Å². The van der Waals surface area contributed by atoms with Crippen molar-refractivity contribution < 1.29 is 0 Å². The SMILES string of the molecule is C=C/C(=C\C)c1cccc2c1C1(c3ccccc3-c3ccccc31)c1ccccc1-2. The Hall–Kier alpha value is -3.64. The second-order valence-corrected chi connectivity index (χ2v) is 8.06. The van der Waals surface area contributed by atoms with Crippen LogP contribution in [0.3, 0.4) is 0 Å². The molecule has 0 amide bonds. The normalized spacial score (nSPS) is 14.8. The highest BCUT2D eigenvalue weighted by Gasteiger charge is 2.52. The van der Waals surface area contributed by atoms with Crippen LogP contribution in [-0.2, 0) is 5.41 Å². The van der Waals surface area contributed by atoms with Crippen molar-refractivity contribution in [1.82, 2.24) is 0 Å². The fraction of sp³-hybridized carbons (Fsp3) is 0.0667. The molecule has 4 aromatic rings. The Morgan fingerprint density at radius 1 is 0.633 bits per heavy atom. The van der Waals surface area contributed by atoms with Gasteiger partial charge in [0.25, 0.3) is 0 Å². The van der Waals surface area contributed by atoms with Crippen molar-refractivity contribution in [1.29, 1.82) is 0 Å². The first-order chi connectivity index (χ1) is 14.8. The van der Waals surface area contributed by atoms with Crippen LogP contribution in [0.5, 0.6) is 0 Å². The molecule has 142 valence electrons. The summed E-state index contributed by atoms with van der Waals surface area (Å²) in [5.74, 6) is 0. The molecule has 0 aliphatic heterocycles. The number of allylic oxidation sites excluding steroid dienone is 3. The molecule has 4 aromatic carbocycles. The molecule has 0 fully saturated rings. The van der Waals surface area contributed by atoms with Crippen LogP contribution in [0.1, 0.15) is 34.7 Å². The zero-order chi connectivity index (χ0) is 20.3. The van der Waals surface area contributed by atoms with Gasteiger partial charge in [-0.3, -0.25) is 0 Å². The van der Waals surface area contributed by atoms with Crippen molar-refractivity contribution in [3.05, 3.63) is 138 Å². The van der Waals surface area contributed by atoms with E-state index in [9.17, 15) is 0 Å². The van der Waals surface area contributed by atoms with Gasteiger partial charge in [0.15, 0.2) is 0 Å². The van der Waals surface area contributed by atoms with E-state index in [1.165, 1.54) is 55.6 Å². The summed E-state index contributed by atoms with van der Waals surface area (Å²) in [6.45, 7) is 6.22. The van der Waals surface area contributed by atoms with Crippen LogP contribution < -0.4 is 0 Å². The molecule has 0 atom stereocenters. The van der Waals surface area contributed by atoms with Crippen LogP contribution >= 0.6 is 0 Å². The van der Waals surface area contributed by atoms with Crippen molar-refractivity contribution in [3.8, 4) is 22.3 Å². The van der Waals surface area contributed by atoms with Gasteiger partial charge in [0, 0.05) is 0 Å². The molecule has 0 saturated carbocycles. The monoisotopic (exact) mass is 382 g/mol.